The minimum absolute atomic E-state index is 0.638. The van der Waals surface area contributed by atoms with E-state index in [1.807, 2.05) is 7.05 Å². The monoisotopic (exact) mass is 269 g/mol. The van der Waals surface area contributed by atoms with Crippen molar-refractivity contribution in [2.24, 2.45) is 0 Å². The lowest BCUT2D eigenvalue weighted by Gasteiger charge is -2.29. The van der Waals surface area contributed by atoms with Gasteiger partial charge in [-0.2, -0.15) is 0 Å². The van der Waals surface area contributed by atoms with Crippen LogP contribution < -0.4 is 5.32 Å². The van der Waals surface area contributed by atoms with E-state index in [2.05, 4.69) is 39.3 Å². The Morgan fingerprint density at radius 3 is 2.89 bits per heavy atom. The fraction of sp³-hybridized carbons (Fsp3) is 0.833. The lowest BCUT2D eigenvalue weighted by atomic mass is 10.2. The van der Waals surface area contributed by atoms with Crippen LogP contribution in [-0.2, 0) is 6.54 Å². The van der Waals surface area contributed by atoms with E-state index >= 15 is 0 Å². The van der Waals surface area contributed by atoms with Crippen LogP contribution in [0.15, 0.2) is 0 Å². The van der Waals surface area contributed by atoms with Gasteiger partial charge in [-0.05, 0) is 26.4 Å². The van der Waals surface area contributed by atoms with Crippen LogP contribution in [0, 0.1) is 0 Å². The average Bonchev–Trinajstić information content (AvgIpc) is 2.74. The minimum atomic E-state index is 0.638. The molecule has 5 nitrogen and oxygen atoms in total. The van der Waals surface area contributed by atoms with E-state index in [9.17, 15) is 0 Å². The van der Waals surface area contributed by atoms with E-state index in [0.29, 0.717) is 6.04 Å². The molecule has 0 saturated carbocycles. The van der Waals surface area contributed by atoms with Gasteiger partial charge in [0.2, 0.25) is 5.13 Å². The standard InChI is InChI=1S/C12H23N5S/c1-4-10-8-16(3)6-5-7-17(10)9-11-14-15-12(13-2)18-11/h10H,4-9H2,1-3H3,(H,13,15). The number of aromatic nitrogens is 2. The van der Waals surface area contributed by atoms with Crippen molar-refractivity contribution in [3.8, 4) is 0 Å². The molecule has 0 amide bonds. The Kier molecular flexibility index (Phi) is 4.91. The predicted molar refractivity (Wildman–Crippen MR) is 76.1 cm³/mol. The SMILES string of the molecule is CCC1CN(C)CCCN1Cc1nnc(NC)s1. The molecule has 2 rings (SSSR count). The summed E-state index contributed by atoms with van der Waals surface area (Å²) in [6.07, 6.45) is 2.44. The summed E-state index contributed by atoms with van der Waals surface area (Å²) in [7, 11) is 4.11. The number of hydrogen-bond acceptors (Lipinski definition) is 6. The summed E-state index contributed by atoms with van der Waals surface area (Å²) in [5.41, 5.74) is 0. The summed E-state index contributed by atoms with van der Waals surface area (Å²) in [5.74, 6) is 0. The van der Waals surface area contributed by atoms with E-state index in [-0.39, 0.29) is 0 Å². The van der Waals surface area contributed by atoms with Crippen LogP contribution in [0.1, 0.15) is 24.8 Å². The largest absolute Gasteiger partial charge is 0.363 e. The van der Waals surface area contributed by atoms with Gasteiger partial charge in [0, 0.05) is 26.2 Å². The third-order valence-electron chi connectivity index (χ3n) is 3.51. The molecule has 0 aromatic carbocycles. The maximum Gasteiger partial charge on any atom is 0.205 e. The fourth-order valence-corrected chi connectivity index (χ4v) is 3.20. The van der Waals surface area contributed by atoms with Crippen LogP contribution in [-0.4, -0.2) is 59.8 Å². The number of hydrogen-bond donors (Lipinski definition) is 1. The van der Waals surface area contributed by atoms with Gasteiger partial charge in [-0.3, -0.25) is 4.90 Å². The summed E-state index contributed by atoms with van der Waals surface area (Å²) < 4.78 is 0. The van der Waals surface area contributed by atoms with Gasteiger partial charge in [-0.1, -0.05) is 18.3 Å². The van der Waals surface area contributed by atoms with Gasteiger partial charge in [-0.25, -0.2) is 0 Å². The van der Waals surface area contributed by atoms with E-state index in [1.54, 1.807) is 11.3 Å². The second-order valence-electron chi connectivity index (χ2n) is 4.90. The summed E-state index contributed by atoms with van der Waals surface area (Å²) in [4.78, 5) is 5.00. The van der Waals surface area contributed by atoms with Crippen molar-refractivity contribution in [1.29, 1.82) is 0 Å². The highest BCUT2D eigenvalue weighted by Gasteiger charge is 2.22. The number of rotatable bonds is 4. The predicted octanol–water partition coefficient (Wildman–Crippen LogP) is 1.50. The van der Waals surface area contributed by atoms with Crippen LogP contribution in [0.4, 0.5) is 5.13 Å². The van der Waals surface area contributed by atoms with Crippen molar-refractivity contribution in [3.63, 3.8) is 0 Å². The maximum absolute atomic E-state index is 4.25. The van der Waals surface area contributed by atoms with Gasteiger partial charge >= 0.3 is 0 Å². The molecule has 1 aliphatic heterocycles. The lowest BCUT2D eigenvalue weighted by Crippen LogP contribution is -2.39. The zero-order chi connectivity index (χ0) is 13.0. The zero-order valence-corrected chi connectivity index (χ0v) is 12.3. The van der Waals surface area contributed by atoms with Gasteiger partial charge in [-0.15, -0.1) is 10.2 Å². The van der Waals surface area contributed by atoms with Crippen molar-refractivity contribution in [2.45, 2.75) is 32.4 Å². The van der Waals surface area contributed by atoms with Crippen molar-refractivity contribution < 1.29 is 0 Å². The first kappa shape index (κ1) is 13.7. The number of nitrogens with one attached hydrogen (secondary N) is 1. The third-order valence-corrected chi connectivity index (χ3v) is 4.44. The lowest BCUT2D eigenvalue weighted by molar-refractivity contribution is 0.175. The first-order valence-corrected chi connectivity index (χ1v) is 7.47. The molecule has 0 spiro atoms. The molecule has 2 heterocycles. The van der Waals surface area contributed by atoms with E-state index in [0.717, 1.165) is 29.8 Å². The Hall–Kier alpha value is -0.720. The van der Waals surface area contributed by atoms with Crippen molar-refractivity contribution >= 4 is 16.5 Å². The molecule has 6 heteroatoms. The molecule has 1 unspecified atom stereocenters. The number of likely N-dealkylation sites (N-methyl/N-ethyl adjacent to an activating group) is 1. The fourth-order valence-electron chi connectivity index (χ4n) is 2.48. The molecule has 1 N–H and O–H groups in total. The van der Waals surface area contributed by atoms with Crippen molar-refractivity contribution in [1.82, 2.24) is 20.0 Å². The van der Waals surface area contributed by atoms with Crippen LogP contribution >= 0.6 is 11.3 Å². The van der Waals surface area contributed by atoms with Crippen molar-refractivity contribution in [2.75, 3.05) is 39.0 Å². The highest BCUT2D eigenvalue weighted by atomic mass is 32.1. The average molecular weight is 269 g/mol. The smallest absolute Gasteiger partial charge is 0.205 e. The molecule has 102 valence electrons. The Morgan fingerprint density at radius 2 is 2.22 bits per heavy atom. The second kappa shape index (κ2) is 6.45. The van der Waals surface area contributed by atoms with Crippen LogP contribution in [0.5, 0.6) is 0 Å². The Morgan fingerprint density at radius 1 is 1.39 bits per heavy atom. The molecule has 1 fully saturated rings. The van der Waals surface area contributed by atoms with Crippen LogP contribution in [0.3, 0.4) is 0 Å². The van der Waals surface area contributed by atoms with Gasteiger partial charge in [0.1, 0.15) is 5.01 Å². The van der Waals surface area contributed by atoms with Crippen LogP contribution in [0.25, 0.3) is 0 Å². The Bertz CT molecular complexity index is 367. The van der Waals surface area contributed by atoms with E-state index in [1.165, 1.54) is 19.4 Å². The molecule has 1 aliphatic rings. The Balaban J connectivity index is 2.01. The highest BCUT2D eigenvalue weighted by Crippen LogP contribution is 2.20. The molecular formula is C12H23N5S. The highest BCUT2D eigenvalue weighted by molar-refractivity contribution is 7.15. The topological polar surface area (TPSA) is 44.3 Å². The number of nitrogens with zero attached hydrogens (tertiary/aromatic N) is 4. The van der Waals surface area contributed by atoms with Gasteiger partial charge in [0.15, 0.2) is 0 Å². The minimum Gasteiger partial charge on any atom is -0.363 e. The molecule has 18 heavy (non-hydrogen) atoms. The molecule has 1 atom stereocenters. The van der Waals surface area contributed by atoms with E-state index in [4.69, 9.17) is 0 Å². The quantitative estimate of drug-likeness (QED) is 0.897. The van der Waals surface area contributed by atoms with Gasteiger partial charge in [0.05, 0.1) is 6.54 Å². The van der Waals surface area contributed by atoms with Gasteiger partial charge < -0.3 is 10.2 Å². The Labute approximate surface area is 113 Å². The maximum atomic E-state index is 4.25. The summed E-state index contributed by atoms with van der Waals surface area (Å²) in [6, 6.07) is 0.638. The summed E-state index contributed by atoms with van der Waals surface area (Å²) in [6.45, 7) is 6.73. The summed E-state index contributed by atoms with van der Waals surface area (Å²) >= 11 is 1.66. The van der Waals surface area contributed by atoms with Gasteiger partial charge in [0.25, 0.3) is 0 Å². The van der Waals surface area contributed by atoms with Crippen LogP contribution in [0.2, 0.25) is 0 Å². The first-order valence-electron chi connectivity index (χ1n) is 6.65. The molecule has 1 aromatic rings. The normalized spacial score (nSPS) is 22.9. The van der Waals surface area contributed by atoms with E-state index < -0.39 is 0 Å². The molecule has 0 aliphatic carbocycles. The number of anilines is 1. The second-order valence-corrected chi connectivity index (χ2v) is 5.96. The molecule has 1 saturated heterocycles. The molecule has 1 aromatic heterocycles. The third kappa shape index (κ3) is 3.40. The zero-order valence-electron chi connectivity index (χ0n) is 11.5. The molecule has 0 bridgehead atoms. The van der Waals surface area contributed by atoms with Crippen molar-refractivity contribution in [3.05, 3.63) is 5.01 Å². The molecule has 0 radical (unpaired) electrons. The molecular weight excluding hydrogens is 246 g/mol. The summed E-state index contributed by atoms with van der Waals surface area (Å²) in [5, 5.41) is 13.4. The first-order chi connectivity index (χ1) is 8.72.